The molecule has 0 heterocycles. The number of amides is 1. The first-order valence-corrected chi connectivity index (χ1v) is 6.17. The molecular formula is C12H19NO5. The fourth-order valence-corrected chi connectivity index (χ4v) is 2.22. The molecule has 3 atom stereocenters. The minimum absolute atomic E-state index is 0.250. The van der Waals surface area contributed by atoms with Crippen LogP contribution >= 0.6 is 0 Å². The van der Waals surface area contributed by atoms with Crippen LogP contribution < -0.4 is 5.32 Å². The second kappa shape index (κ2) is 6.37. The highest BCUT2D eigenvalue weighted by Gasteiger charge is 2.38. The molecule has 1 rings (SSSR count). The fraction of sp³-hybridized carbons (Fsp3) is 0.750. The van der Waals surface area contributed by atoms with Crippen molar-refractivity contribution >= 4 is 17.8 Å². The van der Waals surface area contributed by atoms with Crippen LogP contribution in [-0.2, 0) is 19.1 Å². The molecule has 1 saturated carbocycles. The van der Waals surface area contributed by atoms with Crippen LogP contribution in [0.3, 0.4) is 0 Å². The molecule has 102 valence electrons. The Morgan fingerprint density at radius 2 is 1.94 bits per heavy atom. The van der Waals surface area contributed by atoms with Crippen molar-refractivity contribution in [1.29, 1.82) is 0 Å². The van der Waals surface area contributed by atoms with Crippen LogP contribution in [-0.4, -0.2) is 35.6 Å². The summed E-state index contributed by atoms with van der Waals surface area (Å²) in [6, 6.07) is -0.743. The summed E-state index contributed by atoms with van der Waals surface area (Å²) in [6.45, 7) is 3.46. The summed E-state index contributed by atoms with van der Waals surface area (Å²) in [4.78, 5) is 34.2. The Morgan fingerprint density at radius 3 is 2.50 bits per heavy atom. The molecule has 6 heteroatoms. The maximum absolute atomic E-state index is 11.9. The summed E-state index contributed by atoms with van der Waals surface area (Å²) in [7, 11) is 0. The highest BCUT2D eigenvalue weighted by Crippen LogP contribution is 2.32. The lowest BCUT2D eigenvalue weighted by atomic mass is 9.95. The number of carbonyl (C=O) groups is 3. The number of hydrogen-bond donors (Lipinski definition) is 2. The number of nitrogens with one attached hydrogen (secondary N) is 1. The molecule has 18 heavy (non-hydrogen) atoms. The molecule has 0 aromatic carbocycles. The molecule has 0 saturated heterocycles. The normalized spacial score (nSPS) is 24.3. The van der Waals surface area contributed by atoms with Gasteiger partial charge in [-0.25, -0.2) is 4.79 Å². The van der Waals surface area contributed by atoms with Crippen molar-refractivity contribution in [3.05, 3.63) is 0 Å². The van der Waals surface area contributed by atoms with E-state index in [1.807, 2.05) is 0 Å². The predicted octanol–water partition coefficient (Wildman–Crippen LogP) is 0.555. The number of aliphatic carboxylic acids is 1. The summed E-state index contributed by atoms with van der Waals surface area (Å²) in [6.07, 6.45) is 1.79. The Balaban J connectivity index is 2.54. The smallest absolute Gasteiger partial charge is 0.328 e. The van der Waals surface area contributed by atoms with Gasteiger partial charge in [0.2, 0.25) is 5.91 Å². The molecule has 0 aromatic heterocycles. The molecule has 0 radical (unpaired) electrons. The van der Waals surface area contributed by atoms with Gasteiger partial charge < -0.3 is 15.2 Å². The van der Waals surface area contributed by atoms with Crippen molar-refractivity contribution in [3.63, 3.8) is 0 Å². The molecule has 0 aliphatic heterocycles. The maximum Gasteiger partial charge on any atom is 0.328 e. The van der Waals surface area contributed by atoms with E-state index in [4.69, 9.17) is 9.84 Å². The van der Waals surface area contributed by atoms with Crippen molar-refractivity contribution in [3.8, 4) is 0 Å². The van der Waals surface area contributed by atoms with Crippen molar-refractivity contribution in [1.82, 2.24) is 5.32 Å². The number of carboxylic acids is 1. The monoisotopic (exact) mass is 257 g/mol. The van der Waals surface area contributed by atoms with Gasteiger partial charge in [0.1, 0.15) is 6.04 Å². The van der Waals surface area contributed by atoms with E-state index in [0.29, 0.717) is 12.8 Å². The number of rotatable bonds is 5. The average molecular weight is 257 g/mol. The molecule has 1 aliphatic carbocycles. The minimum atomic E-state index is -0.948. The van der Waals surface area contributed by atoms with Gasteiger partial charge >= 0.3 is 11.9 Å². The first kappa shape index (κ1) is 14.5. The van der Waals surface area contributed by atoms with Crippen molar-refractivity contribution in [2.75, 3.05) is 6.61 Å². The van der Waals surface area contributed by atoms with Gasteiger partial charge in [-0.1, -0.05) is 6.42 Å². The predicted molar refractivity (Wildman–Crippen MR) is 62.7 cm³/mol. The highest BCUT2D eigenvalue weighted by atomic mass is 16.5. The van der Waals surface area contributed by atoms with Crippen molar-refractivity contribution < 1.29 is 24.2 Å². The fourth-order valence-electron chi connectivity index (χ4n) is 2.22. The molecule has 1 unspecified atom stereocenters. The van der Waals surface area contributed by atoms with E-state index in [9.17, 15) is 14.4 Å². The van der Waals surface area contributed by atoms with Gasteiger partial charge in [0, 0.05) is 0 Å². The zero-order valence-corrected chi connectivity index (χ0v) is 10.6. The summed E-state index contributed by atoms with van der Waals surface area (Å²) >= 11 is 0. The topological polar surface area (TPSA) is 92.7 Å². The van der Waals surface area contributed by atoms with Gasteiger partial charge in [-0.05, 0) is 26.7 Å². The lowest BCUT2D eigenvalue weighted by molar-refractivity contribution is -0.149. The Morgan fingerprint density at radius 1 is 1.33 bits per heavy atom. The number of ether oxygens (including phenoxy) is 1. The van der Waals surface area contributed by atoms with E-state index < -0.39 is 29.8 Å². The second-order valence-electron chi connectivity index (χ2n) is 4.46. The number of hydrogen-bond acceptors (Lipinski definition) is 4. The Kier molecular flexibility index (Phi) is 5.12. The molecule has 2 N–H and O–H groups in total. The molecule has 1 amide bonds. The van der Waals surface area contributed by atoms with Gasteiger partial charge in [0.15, 0.2) is 0 Å². The Bertz CT molecular complexity index is 341. The third kappa shape index (κ3) is 3.45. The van der Waals surface area contributed by atoms with Crippen LogP contribution in [0.15, 0.2) is 0 Å². The SMILES string of the molecule is CCOC(=O)C(C)NC(=O)[C@@H]1CCC[C@@H]1C(=O)O. The largest absolute Gasteiger partial charge is 0.481 e. The van der Waals surface area contributed by atoms with Crippen LogP contribution in [0, 0.1) is 11.8 Å². The highest BCUT2D eigenvalue weighted by molar-refractivity contribution is 5.88. The molecule has 6 nitrogen and oxygen atoms in total. The average Bonchev–Trinajstić information content (AvgIpc) is 2.78. The molecule has 0 aromatic rings. The summed E-state index contributed by atoms with van der Waals surface area (Å²) in [5.41, 5.74) is 0. The number of carboxylic acid groups (broad SMARTS) is 1. The molecule has 1 aliphatic rings. The van der Waals surface area contributed by atoms with Gasteiger partial charge in [0.05, 0.1) is 18.4 Å². The van der Waals surface area contributed by atoms with Crippen LogP contribution in [0.1, 0.15) is 33.1 Å². The van der Waals surface area contributed by atoms with E-state index in [2.05, 4.69) is 5.32 Å². The molecular weight excluding hydrogens is 238 g/mol. The van der Waals surface area contributed by atoms with Crippen LogP contribution in [0.25, 0.3) is 0 Å². The zero-order valence-electron chi connectivity index (χ0n) is 10.6. The molecule has 0 bridgehead atoms. The van der Waals surface area contributed by atoms with Gasteiger partial charge in [0.25, 0.3) is 0 Å². The van der Waals surface area contributed by atoms with E-state index in [-0.39, 0.29) is 12.5 Å². The quantitative estimate of drug-likeness (QED) is 0.702. The van der Waals surface area contributed by atoms with E-state index in [1.54, 1.807) is 6.92 Å². The Hall–Kier alpha value is -1.59. The van der Waals surface area contributed by atoms with E-state index in [1.165, 1.54) is 6.92 Å². The minimum Gasteiger partial charge on any atom is -0.481 e. The van der Waals surface area contributed by atoms with Gasteiger partial charge in [-0.3, -0.25) is 9.59 Å². The third-order valence-corrected chi connectivity index (χ3v) is 3.17. The molecule has 0 spiro atoms. The van der Waals surface area contributed by atoms with Crippen LogP contribution in [0.2, 0.25) is 0 Å². The van der Waals surface area contributed by atoms with Crippen LogP contribution in [0.4, 0.5) is 0 Å². The van der Waals surface area contributed by atoms with E-state index in [0.717, 1.165) is 6.42 Å². The number of esters is 1. The third-order valence-electron chi connectivity index (χ3n) is 3.17. The lowest BCUT2D eigenvalue weighted by Crippen LogP contribution is -2.44. The Labute approximate surface area is 106 Å². The van der Waals surface area contributed by atoms with Crippen molar-refractivity contribution in [2.24, 2.45) is 11.8 Å². The first-order valence-electron chi connectivity index (χ1n) is 6.17. The van der Waals surface area contributed by atoms with Crippen LogP contribution in [0.5, 0.6) is 0 Å². The standard InChI is InChI=1S/C12H19NO5/c1-3-18-12(17)7(2)13-10(14)8-5-4-6-9(8)11(15)16/h7-9H,3-6H2,1-2H3,(H,13,14)(H,15,16)/t7?,8-,9+/m1/s1. The second-order valence-corrected chi connectivity index (χ2v) is 4.46. The maximum atomic E-state index is 11.9. The zero-order chi connectivity index (χ0) is 13.7. The summed E-state index contributed by atoms with van der Waals surface area (Å²) < 4.78 is 4.77. The summed E-state index contributed by atoms with van der Waals surface area (Å²) in [5, 5.41) is 11.5. The van der Waals surface area contributed by atoms with E-state index >= 15 is 0 Å². The van der Waals surface area contributed by atoms with Crippen molar-refractivity contribution in [2.45, 2.75) is 39.2 Å². The lowest BCUT2D eigenvalue weighted by Gasteiger charge is -2.18. The number of carbonyl (C=O) groups excluding carboxylic acids is 2. The van der Waals surface area contributed by atoms with Gasteiger partial charge in [-0.15, -0.1) is 0 Å². The summed E-state index contributed by atoms with van der Waals surface area (Å²) in [5.74, 6) is -3.01. The first-order chi connectivity index (χ1) is 8.47. The van der Waals surface area contributed by atoms with Gasteiger partial charge in [-0.2, -0.15) is 0 Å². The molecule has 1 fully saturated rings.